The molecule has 0 unspecified atom stereocenters. The molecule has 0 radical (unpaired) electrons. The number of carbonyl (C=O) groups is 1. The minimum atomic E-state index is -0.219. The Labute approximate surface area is 105 Å². The maximum absolute atomic E-state index is 12.3. The average Bonchev–Trinajstić information content (AvgIpc) is 2.30. The molecule has 0 saturated heterocycles. The van der Waals surface area contributed by atoms with E-state index in [1.165, 1.54) is 6.92 Å². The largest absolute Gasteiger partial charge is 0.335 e. The van der Waals surface area contributed by atoms with Gasteiger partial charge >= 0.3 is 0 Å². The van der Waals surface area contributed by atoms with Crippen LogP contribution in [0, 0.1) is 20.8 Å². The quantitative estimate of drug-likeness (QED) is 0.721. The number of rotatable bonds is 1. The SMILES string of the molecule is CC(=O)c1cn(C)c2nc(C)c(C)c(C)c2c1=O. The molecule has 0 amide bonds. The molecular weight excluding hydrogens is 228 g/mol. The highest BCUT2D eigenvalue weighted by Crippen LogP contribution is 2.19. The summed E-state index contributed by atoms with van der Waals surface area (Å²) in [7, 11) is 1.80. The van der Waals surface area contributed by atoms with Crippen molar-refractivity contribution in [1.29, 1.82) is 0 Å². The number of hydrogen-bond donors (Lipinski definition) is 0. The molecule has 2 aromatic rings. The molecule has 0 aliphatic rings. The van der Waals surface area contributed by atoms with Crippen molar-refractivity contribution in [2.75, 3.05) is 0 Å². The number of ketones is 1. The maximum Gasteiger partial charge on any atom is 0.202 e. The van der Waals surface area contributed by atoms with Gasteiger partial charge in [-0.1, -0.05) is 0 Å². The Morgan fingerprint density at radius 2 is 1.83 bits per heavy atom. The van der Waals surface area contributed by atoms with Gasteiger partial charge in [0.1, 0.15) is 5.65 Å². The highest BCUT2D eigenvalue weighted by Gasteiger charge is 2.15. The molecule has 4 nitrogen and oxygen atoms in total. The zero-order chi connectivity index (χ0) is 13.6. The number of aromatic nitrogens is 2. The van der Waals surface area contributed by atoms with Crippen LogP contribution in [0.3, 0.4) is 0 Å². The summed E-state index contributed by atoms with van der Waals surface area (Å²) in [6.45, 7) is 7.17. The molecule has 4 heteroatoms. The Kier molecular flexibility index (Phi) is 2.81. The van der Waals surface area contributed by atoms with Crippen molar-refractivity contribution in [3.8, 4) is 0 Å². The number of pyridine rings is 2. The van der Waals surface area contributed by atoms with E-state index in [-0.39, 0.29) is 16.8 Å². The summed E-state index contributed by atoms with van der Waals surface area (Å²) in [4.78, 5) is 28.3. The van der Waals surface area contributed by atoms with Crippen LogP contribution < -0.4 is 5.43 Å². The van der Waals surface area contributed by atoms with Gasteiger partial charge in [-0.2, -0.15) is 0 Å². The third-order valence-corrected chi connectivity index (χ3v) is 3.49. The summed E-state index contributed by atoms with van der Waals surface area (Å²) in [6, 6.07) is 0. The Hall–Kier alpha value is -1.97. The van der Waals surface area contributed by atoms with Crippen LogP contribution >= 0.6 is 0 Å². The third-order valence-electron chi connectivity index (χ3n) is 3.49. The molecule has 0 aliphatic heterocycles. The van der Waals surface area contributed by atoms with Gasteiger partial charge in [0.25, 0.3) is 0 Å². The molecule has 2 heterocycles. The Bertz CT molecular complexity index is 727. The maximum atomic E-state index is 12.3. The lowest BCUT2D eigenvalue weighted by atomic mass is 10.0. The van der Waals surface area contributed by atoms with Gasteiger partial charge in [-0.05, 0) is 38.8 Å². The summed E-state index contributed by atoms with van der Waals surface area (Å²) in [5, 5.41) is 0.549. The minimum Gasteiger partial charge on any atom is -0.335 e. The van der Waals surface area contributed by atoms with Crippen molar-refractivity contribution in [3.63, 3.8) is 0 Å². The van der Waals surface area contributed by atoms with Crippen LogP contribution in [-0.4, -0.2) is 15.3 Å². The average molecular weight is 244 g/mol. The lowest BCUT2D eigenvalue weighted by molar-refractivity contribution is 0.101. The normalized spacial score (nSPS) is 10.9. The zero-order valence-corrected chi connectivity index (χ0v) is 11.3. The van der Waals surface area contributed by atoms with E-state index in [1.807, 2.05) is 20.8 Å². The zero-order valence-electron chi connectivity index (χ0n) is 11.3. The van der Waals surface area contributed by atoms with E-state index >= 15 is 0 Å². The molecule has 18 heavy (non-hydrogen) atoms. The van der Waals surface area contributed by atoms with E-state index in [9.17, 15) is 9.59 Å². The van der Waals surface area contributed by atoms with E-state index in [2.05, 4.69) is 4.98 Å². The fourth-order valence-corrected chi connectivity index (χ4v) is 2.15. The lowest BCUT2D eigenvalue weighted by Gasteiger charge is -2.12. The molecule has 0 aromatic carbocycles. The van der Waals surface area contributed by atoms with Gasteiger partial charge in [0.15, 0.2) is 5.78 Å². The summed E-state index contributed by atoms with van der Waals surface area (Å²) >= 11 is 0. The minimum absolute atomic E-state index is 0.213. The predicted octanol–water partition coefficient (Wildman–Crippen LogP) is 2.06. The molecular formula is C14H16N2O2. The molecule has 0 spiro atoms. The summed E-state index contributed by atoms with van der Waals surface area (Å²) in [5.41, 5.74) is 3.44. The second-order valence-electron chi connectivity index (χ2n) is 4.68. The number of fused-ring (bicyclic) bond motifs is 1. The Morgan fingerprint density at radius 3 is 2.39 bits per heavy atom. The predicted molar refractivity (Wildman–Crippen MR) is 71.2 cm³/mol. The first-order chi connectivity index (χ1) is 8.34. The van der Waals surface area contributed by atoms with E-state index in [1.54, 1.807) is 17.8 Å². The van der Waals surface area contributed by atoms with Gasteiger partial charge in [-0.3, -0.25) is 9.59 Å². The first-order valence-electron chi connectivity index (χ1n) is 5.82. The molecule has 0 saturated carbocycles. The van der Waals surface area contributed by atoms with Crippen molar-refractivity contribution in [2.24, 2.45) is 7.05 Å². The van der Waals surface area contributed by atoms with Gasteiger partial charge in [-0.15, -0.1) is 0 Å². The first kappa shape index (κ1) is 12.5. The van der Waals surface area contributed by atoms with Gasteiger partial charge in [0, 0.05) is 18.9 Å². The van der Waals surface area contributed by atoms with E-state index in [4.69, 9.17) is 0 Å². The summed E-state index contributed by atoms with van der Waals surface area (Å²) in [5.74, 6) is -0.213. The van der Waals surface area contributed by atoms with Crippen LogP contribution in [-0.2, 0) is 7.05 Å². The van der Waals surface area contributed by atoms with E-state index in [0.717, 1.165) is 16.8 Å². The number of hydrogen-bond acceptors (Lipinski definition) is 3. The molecule has 2 aromatic heterocycles. The van der Waals surface area contributed by atoms with Crippen LogP contribution in [0.25, 0.3) is 11.0 Å². The number of carbonyl (C=O) groups excluding carboxylic acids is 1. The highest BCUT2D eigenvalue weighted by atomic mass is 16.1. The van der Waals surface area contributed by atoms with Crippen molar-refractivity contribution in [2.45, 2.75) is 27.7 Å². The standard InChI is InChI=1S/C14H16N2O2/c1-7-8(2)12-13(18)11(10(4)17)6-16(5)14(12)15-9(7)3/h6H,1-5H3. The highest BCUT2D eigenvalue weighted by molar-refractivity contribution is 5.97. The van der Waals surface area contributed by atoms with Crippen LogP contribution in [0.2, 0.25) is 0 Å². The molecule has 0 N–H and O–H groups in total. The molecule has 94 valence electrons. The fourth-order valence-electron chi connectivity index (χ4n) is 2.15. The van der Waals surface area contributed by atoms with E-state index < -0.39 is 0 Å². The lowest BCUT2D eigenvalue weighted by Crippen LogP contribution is -2.19. The second kappa shape index (κ2) is 4.05. The first-order valence-corrected chi connectivity index (χ1v) is 5.82. The van der Waals surface area contributed by atoms with E-state index in [0.29, 0.717) is 11.0 Å². The van der Waals surface area contributed by atoms with Crippen molar-refractivity contribution in [3.05, 3.63) is 38.8 Å². The summed E-state index contributed by atoms with van der Waals surface area (Å²) in [6.07, 6.45) is 1.56. The number of nitrogens with zero attached hydrogens (tertiary/aromatic N) is 2. The van der Waals surface area contributed by atoms with Gasteiger partial charge in [-0.25, -0.2) is 4.98 Å². The third kappa shape index (κ3) is 1.65. The monoisotopic (exact) mass is 244 g/mol. The van der Waals surface area contributed by atoms with Crippen LogP contribution in [0.1, 0.15) is 34.1 Å². The van der Waals surface area contributed by atoms with Crippen LogP contribution in [0.15, 0.2) is 11.0 Å². The molecule has 0 aliphatic carbocycles. The molecule has 2 rings (SSSR count). The number of aryl methyl sites for hydroxylation is 3. The Balaban J connectivity index is 3.10. The topological polar surface area (TPSA) is 52.0 Å². The Morgan fingerprint density at radius 1 is 1.22 bits per heavy atom. The molecule has 0 atom stereocenters. The van der Waals surface area contributed by atoms with Crippen molar-refractivity contribution in [1.82, 2.24) is 9.55 Å². The molecule has 0 bridgehead atoms. The number of Topliss-reactive ketones (excluding diaryl/α,β-unsaturated/α-hetero) is 1. The summed E-state index contributed by atoms with van der Waals surface area (Å²) < 4.78 is 1.74. The smallest absolute Gasteiger partial charge is 0.202 e. The van der Waals surface area contributed by atoms with Gasteiger partial charge in [0.05, 0.1) is 10.9 Å². The van der Waals surface area contributed by atoms with Gasteiger partial charge in [0.2, 0.25) is 5.43 Å². The molecule has 0 fully saturated rings. The van der Waals surface area contributed by atoms with Crippen LogP contribution in [0.4, 0.5) is 0 Å². The van der Waals surface area contributed by atoms with Crippen molar-refractivity contribution < 1.29 is 4.79 Å². The van der Waals surface area contributed by atoms with Gasteiger partial charge < -0.3 is 4.57 Å². The second-order valence-corrected chi connectivity index (χ2v) is 4.68. The van der Waals surface area contributed by atoms with Crippen molar-refractivity contribution >= 4 is 16.8 Å². The van der Waals surface area contributed by atoms with Crippen LogP contribution in [0.5, 0.6) is 0 Å². The fraction of sp³-hybridized carbons (Fsp3) is 0.357.